The predicted molar refractivity (Wildman–Crippen MR) is 74.7 cm³/mol. The molecule has 1 aliphatic rings. The highest BCUT2D eigenvalue weighted by atomic mass is 32.1. The second kappa shape index (κ2) is 4.92. The molecule has 0 amide bonds. The Bertz CT molecular complexity index is 488. The molecule has 2 aromatic rings. The highest BCUT2D eigenvalue weighted by Crippen LogP contribution is 2.28. The summed E-state index contributed by atoms with van der Waals surface area (Å²) in [5.74, 6) is 0. The molecular weight excluding hydrogens is 226 g/mol. The summed E-state index contributed by atoms with van der Waals surface area (Å²) < 4.78 is 0. The van der Waals surface area contributed by atoms with Crippen molar-refractivity contribution >= 4 is 17.0 Å². The van der Waals surface area contributed by atoms with Gasteiger partial charge in [0.1, 0.15) is 0 Å². The van der Waals surface area contributed by atoms with Gasteiger partial charge in [-0.2, -0.15) is 11.3 Å². The number of anilines is 1. The molecule has 0 unspecified atom stereocenters. The van der Waals surface area contributed by atoms with Crippen molar-refractivity contribution in [3.8, 4) is 0 Å². The first-order chi connectivity index (χ1) is 8.43. The van der Waals surface area contributed by atoms with Crippen LogP contribution in [0.5, 0.6) is 0 Å². The number of nitrogens with one attached hydrogen (secondary N) is 1. The molecule has 1 aromatic carbocycles. The van der Waals surface area contributed by atoms with Crippen molar-refractivity contribution in [1.82, 2.24) is 0 Å². The largest absolute Gasteiger partial charge is 0.381 e. The number of hydrogen-bond donors (Lipinski definition) is 1. The fourth-order valence-electron chi connectivity index (χ4n) is 2.54. The molecule has 1 N–H and O–H groups in total. The molecule has 0 atom stereocenters. The quantitative estimate of drug-likeness (QED) is 0.850. The molecule has 17 heavy (non-hydrogen) atoms. The Hall–Kier alpha value is -1.28. The predicted octanol–water partition coefficient (Wildman–Crippen LogP) is 4.24. The minimum atomic E-state index is 0.944. The number of thiophene rings is 1. The number of fused-ring (bicyclic) bond motifs is 1. The van der Waals surface area contributed by atoms with Crippen LogP contribution in [0.3, 0.4) is 0 Å². The first-order valence-corrected chi connectivity index (χ1v) is 7.23. The average Bonchev–Trinajstić information content (AvgIpc) is 2.89. The van der Waals surface area contributed by atoms with Gasteiger partial charge in [-0.1, -0.05) is 12.1 Å². The minimum Gasteiger partial charge on any atom is -0.381 e. The van der Waals surface area contributed by atoms with E-state index >= 15 is 0 Å². The van der Waals surface area contributed by atoms with Crippen molar-refractivity contribution < 1.29 is 0 Å². The van der Waals surface area contributed by atoms with Crippen molar-refractivity contribution in [3.05, 3.63) is 51.7 Å². The fourth-order valence-corrected chi connectivity index (χ4v) is 3.21. The maximum atomic E-state index is 3.58. The van der Waals surface area contributed by atoms with Crippen LogP contribution in [0.2, 0.25) is 0 Å². The van der Waals surface area contributed by atoms with Crippen LogP contribution in [0.1, 0.15) is 29.5 Å². The van der Waals surface area contributed by atoms with Crippen LogP contribution in [0.25, 0.3) is 0 Å². The van der Waals surface area contributed by atoms with Crippen molar-refractivity contribution in [2.45, 2.75) is 32.2 Å². The monoisotopic (exact) mass is 243 g/mol. The molecule has 1 nitrogen and oxygen atoms in total. The Morgan fingerprint density at radius 3 is 2.94 bits per heavy atom. The van der Waals surface area contributed by atoms with Gasteiger partial charge in [-0.25, -0.2) is 0 Å². The smallest absolute Gasteiger partial charge is 0.0409 e. The van der Waals surface area contributed by atoms with E-state index in [1.807, 2.05) is 0 Å². The zero-order valence-electron chi connectivity index (χ0n) is 9.91. The van der Waals surface area contributed by atoms with Gasteiger partial charge >= 0.3 is 0 Å². The van der Waals surface area contributed by atoms with Gasteiger partial charge in [-0.05, 0) is 65.3 Å². The molecule has 2 heteroatoms. The molecule has 88 valence electrons. The molecule has 0 aliphatic heterocycles. The summed E-state index contributed by atoms with van der Waals surface area (Å²) in [5, 5.41) is 7.93. The van der Waals surface area contributed by atoms with Crippen LogP contribution in [0, 0.1) is 0 Å². The Morgan fingerprint density at radius 1 is 1.12 bits per heavy atom. The van der Waals surface area contributed by atoms with Crippen LogP contribution in [-0.2, 0) is 19.4 Å². The van der Waals surface area contributed by atoms with E-state index in [4.69, 9.17) is 0 Å². The molecule has 1 aliphatic carbocycles. The second-order valence-electron chi connectivity index (χ2n) is 4.64. The molecular formula is C15H17NS. The first kappa shape index (κ1) is 10.8. The Morgan fingerprint density at radius 2 is 2.06 bits per heavy atom. The summed E-state index contributed by atoms with van der Waals surface area (Å²) in [5.41, 5.74) is 5.82. The highest BCUT2D eigenvalue weighted by molar-refractivity contribution is 7.07. The number of rotatable bonds is 3. The molecule has 1 heterocycles. The van der Waals surface area contributed by atoms with Gasteiger partial charge in [-0.3, -0.25) is 0 Å². The maximum absolute atomic E-state index is 3.58. The molecule has 0 saturated heterocycles. The SMILES string of the molecule is c1cc2c(c(NCc3ccsc3)c1)CCCC2. The molecule has 3 rings (SSSR count). The van der Waals surface area contributed by atoms with Gasteiger partial charge < -0.3 is 5.32 Å². The third kappa shape index (κ3) is 2.37. The van der Waals surface area contributed by atoms with Crippen LogP contribution < -0.4 is 5.32 Å². The Kier molecular flexibility index (Phi) is 3.14. The zero-order valence-corrected chi connectivity index (χ0v) is 10.7. The Labute approximate surface area is 106 Å². The second-order valence-corrected chi connectivity index (χ2v) is 5.42. The van der Waals surface area contributed by atoms with Crippen LogP contribution in [0.15, 0.2) is 35.0 Å². The van der Waals surface area contributed by atoms with E-state index in [2.05, 4.69) is 40.3 Å². The van der Waals surface area contributed by atoms with Gasteiger partial charge in [0, 0.05) is 12.2 Å². The summed E-state index contributed by atoms with van der Waals surface area (Å²) in [6.07, 6.45) is 5.18. The summed E-state index contributed by atoms with van der Waals surface area (Å²) >= 11 is 1.76. The Balaban J connectivity index is 1.78. The van der Waals surface area contributed by atoms with Crippen LogP contribution >= 0.6 is 11.3 Å². The van der Waals surface area contributed by atoms with E-state index in [0.29, 0.717) is 0 Å². The van der Waals surface area contributed by atoms with Gasteiger partial charge in [0.25, 0.3) is 0 Å². The summed E-state index contributed by atoms with van der Waals surface area (Å²) in [7, 11) is 0. The van der Waals surface area contributed by atoms with Crippen molar-refractivity contribution in [3.63, 3.8) is 0 Å². The zero-order chi connectivity index (χ0) is 11.5. The lowest BCUT2D eigenvalue weighted by Gasteiger charge is -2.20. The van der Waals surface area contributed by atoms with E-state index in [-0.39, 0.29) is 0 Å². The molecule has 0 spiro atoms. The van der Waals surface area contributed by atoms with Gasteiger partial charge in [0.15, 0.2) is 0 Å². The van der Waals surface area contributed by atoms with Crippen molar-refractivity contribution in [1.29, 1.82) is 0 Å². The summed E-state index contributed by atoms with van der Waals surface area (Å²) in [4.78, 5) is 0. The summed E-state index contributed by atoms with van der Waals surface area (Å²) in [6.45, 7) is 0.944. The minimum absolute atomic E-state index is 0.944. The number of benzene rings is 1. The third-order valence-electron chi connectivity index (χ3n) is 3.46. The van der Waals surface area contributed by atoms with E-state index in [1.165, 1.54) is 36.9 Å². The third-order valence-corrected chi connectivity index (χ3v) is 4.19. The van der Waals surface area contributed by atoms with Crippen LogP contribution in [0.4, 0.5) is 5.69 Å². The normalized spacial score (nSPS) is 14.4. The van der Waals surface area contributed by atoms with Crippen molar-refractivity contribution in [2.75, 3.05) is 5.32 Å². The lowest BCUT2D eigenvalue weighted by Crippen LogP contribution is -2.08. The van der Waals surface area contributed by atoms with Crippen LogP contribution in [-0.4, -0.2) is 0 Å². The number of hydrogen-bond acceptors (Lipinski definition) is 2. The van der Waals surface area contributed by atoms with E-state index in [0.717, 1.165) is 6.54 Å². The van der Waals surface area contributed by atoms with E-state index in [1.54, 1.807) is 22.5 Å². The maximum Gasteiger partial charge on any atom is 0.0409 e. The molecule has 0 bridgehead atoms. The molecule has 0 saturated carbocycles. The lowest BCUT2D eigenvalue weighted by atomic mass is 9.90. The fraction of sp³-hybridized carbons (Fsp3) is 0.333. The summed E-state index contributed by atoms with van der Waals surface area (Å²) in [6, 6.07) is 8.87. The van der Waals surface area contributed by atoms with Gasteiger partial charge in [0.2, 0.25) is 0 Å². The highest BCUT2D eigenvalue weighted by Gasteiger charge is 2.12. The number of aryl methyl sites for hydroxylation is 1. The average molecular weight is 243 g/mol. The van der Waals surface area contributed by atoms with Gasteiger partial charge in [-0.15, -0.1) is 0 Å². The van der Waals surface area contributed by atoms with Crippen molar-refractivity contribution in [2.24, 2.45) is 0 Å². The van der Waals surface area contributed by atoms with E-state index < -0.39 is 0 Å². The van der Waals surface area contributed by atoms with Gasteiger partial charge in [0.05, 0.1) is 0 Å². The lowest BCUT2D eigenvalue weighted by molar-refractivity contribution is 0.686. The first-order valence-electron chi connectivity index (χ1n) is 6.29. The molecule has 0 radical (unpaired) electrons. The van der Waals surface area contributed by atoms with E-state index in [9.17, 15) is 0 Å². The molecule has 1 aromatic heterocycles. The molecule has 0 fully saturated rings. The standard InChI is InChI=1S/C15H17NS/c1-2-6-14-13(4-1)5-3-7-15(14)16-10-12-8-9-17-11-12/h3,5,7-9,11,16H,1-2,4,6,10H2. The topological polar surface area (TPSA) is 12.0 Å².